The summed E-state index contributed by atoms with van der Waals surface area (Å²) in [5.74, 6) is -1.67. The van der Waals surface area contributed by atoms with Crippen molar-refractivity contribution < 1.29 is 33.9 Å². The fourth-order valence-corrected chi connectivity index (χ4v) is 8.63. The molecule has 49 heavy (non-hydrogen) atoms. The van der Waals surface area contributed by atoms with E-state index in [-0.39, 0.29) is 18.4 Å². The zero-order chi connectivity index (χ0) is 35.0. The predicted octanol–water partition coefficient (Wildman–Crippen LogP) is 4.12. The number of benzene rings is 2. The van der Waals surface area contributed by atoms with Gasteiger partial charge in [-0.2, -0.15) is 0 Å². The number of hydrogen-bond acceptors (Lipinski definition) is 7. The maximum atomic E-state index is 14.2. The van der Waals surface area contributed by atoms with Crippen LogP contribution in [0.5, 0.6) is 0 Å². The molecule has 1 heterocycles. The van der Waals surface area contributed by atoms with Crippen LogP contribution in [0.15, 0.2) is 54.6 Å². The summed E-state index contributed by atoms with van der Waals surface area (Å²) in [7, 11) is 1.49. The number of urea groups is 2. The first-order valence-corrected chi connectivity index (χ1v) is 17.0. The van der Waals surface area contributed by atoms with Crippen molar-refractivity contribution in [2.75, 3.05) is 24.2 Å². The normalized spacial score (nSPS) is 25.7. The molecule has 0 radical (unpaired) electrons. The van der Waals surface area contributed by atoms with Crippen molar-refractivity contribution in [1.29, 1.82) is 0 Å². The molecular formula is C36H44N6O7. The summed E-state index contributed by atoms with van der Waals surface area (Å²) in [6.45, 7) is 2.69. The summed E-state index contributed by atoms with van der Waals surface area (Å²) in [5, 5.41) is 17.8. The van der Waals surface area contributed by atoms with Gasteiger partial charge in [0.1, 0.15) is 12.1 Å². The maximum absolute atomic E-state index is 14.2. The minimum atomic E-state index is -1.28. The first kappa shape index (κ1) is 34.1. The molecule has 2 aromatic rings. The number of aliphatic carboxylic acids is 1. The Labute approximate surface area is 285 Å². The number of para-hydroxylation sites is 1. The van der Waals surface area contributed by atoms with Crippen LogP contribution < -0.4 is 16.0 Å². The molecule has 13 heteroatoms. The third-order valence-corrected chi connectivity index (χ3v) is 10.8. The largest absolute Gasteiger partial charge is 0.481 e. The van der Waals surface area contributed by atoms with E-state index in [0.29, 0.717) is 28.8 Å². The van der Waals surface area contributed by atoms with E-state index in [0.717, 1.165) is 30.6 Å². The Morgan fingerprint density at radius 2 is 1.45 bits per heavy atom. The second-order valence-electron chi connectivity index (χ2n) is 14.4. The van der Waals surface area contributed by atoms with Crippen molar-refractivity contribution in [3.63, 3.8) is 0 Å². The van der Waals surface area contributed by atoms with Crippen LogP contribution in [0.4, 0.5) is 21.0 Å². The van der Waals surface area contributed by atoms with Crippen molar-refractivity contribution in [1.82, 2.24) is 20.0 Å². The highest BCUT2D eigenvalue weighted by Crippen LogP contribution is 2.55. The van der Waals surface area contributed by atoms with Gasteiger partial charge < -0.3 is 26.0 Å². The lowest BCUT2D eigenvalue weighted by atomic mass is 9.53. The average molecular weight is 673 g/mol. The first-order chi connectivity index (χ1) is 23.3. The topological polar surface area (TPSA) is 168 Å². The molecule has 4 N–H and O–H groups in total. The smallest absolute Gasteiger partial charge is 0.328 e. The van der Waals surface area contributed by atoms with Gasteiger partial charge in [0.2, 0.25) is 11.8 Å². The van der Waals surface area contributed by atoms with Crippen LogP contribution >= 0.6 is 0 Å². The number of imide groups is 2. The van der Waals surface area contributed by atoms with Crippen molar-refractivity contribution in [3.05, 3.63) is 60.2 Å². The molecule has 7 amide bonds. The van der Waals surface area contributed by atoms with Gasteiger partial charge in [0.05, 0.1) is 12.5 Å². The molecule has 0 spiro atoms. The number of nitrogens with one attached hydrogen (secondary N) is 3. The van der Waals surface area contributed by atoms with Crippen LogP contribution in [0, 0.1) is 23.7 Å². The van der Waals surface area contributed by atoms with E-state index in [1.54, 1.807) is 50.2 Å². The zero-order valence-corrected chi connectivity index (χ0v) is 28.1. The van der Waals surface area contributed by atoms with Crippen molar-refractivity contribution in [2.45, 2.75) is 76.5 Å². The Bertz CT molecular complexity index is 1600. The Hall–Kier alpha value is -4.78. The lowest BCUT2D eigenvalue weighted by molar-refractivity contribution is -0.162. The number of carbonyl (C=O) groups is 6. The summed E-state index contributed by atoms with van der Waals surface area (Å²) in [5.41, 5.74) is 0.599. The number of likely N-dealkylation sites (N-methyl/N-ethyl adjacent to an activating group) is 1. The molecule has 0 aromatic heterocycles. The number of anilines is 2. The Kier molecular flexibility index (Phi) is 9.47. The fourth-order valence-electron chi connectivity index (χ4n) is 8.63. The summed E-state index contributed by atoms with van der Waals surface area (Å²) >= 11 is 0. The van der Waals surface area contributed by atoms with Gasteiger partial charge in [0.25, 0.3) is 5.91 Å². The Morgan fingerprint density at radius 3 is 2.00 bits per heavy atom. The standard InChI is InChI=1S/C36H44N6O7/c1-36(2)33(47)40(35(49)41(36)19-21-9-11-27(12-10-21)39-34(48)38-26-7-5-4-6-8-26)20-29(43)42(32(46)28(37-3)18-30(44)45)31-24-14-22-13-23(16-24)17-25(31)15-22/h4-12,22-25,28,31,37H,13-20H2,1-3H3,(H,44,45)(H2,38,39,48)/t22?,23?,24?,25?,28-,31?/m0/s1. The van der Waals surface area contributed by atoms with E-state index < -0.39 is 66.3 Å². The van der Waals surface area contributed by atoms with Crippen LogP contribution in [-0.4, -0.2) is 86.8 Å². The molecule has 1 aliphatic heterocycles. The number of carbonyl (C=O) groups excluding carboxylic acids is 5. The van der Waals surface area contributed by atoms with Gasteiger partial charge in [0.15, 0.2) is 0 Å². The van der Waals surface area contributed by atoms with Gasteiger partial charge in [-0.15, -0.1) is 0 Å². The number of nitrogens with zero attached hydrogens (tertiary/aromatic N) is 3. The molecule has 5 aliphatic rings. The Morgan fingerprint density at radius 1 is 0.878 bits per heavy atom. The van der Waals surface area contributed by atoms with E-state index in [4.69, 9.17) is 0 Å². The van der Waals surface area contributed by atoms with Crippen molar-refractivity contribution in [3.8, 4) is 0 Å². The highest BCUT2D eigenvalue weighted by molar-refractivity contribution is 6.10. The second-order valence-corrected chi connectivity index (χ2v) is 14.4. The minimum Gasteiger partial charge on any atom is -0.481 e. The highest BCUT2D eigenvalue weighted by atomic mass is 16.4. The SMILES string of the molecule is CN[C@@H](CC(=O)O)C(=O)N(C(=O)CN1C(=O)N(Cc2ccc(NC(=O)Nc3ccccc3)cc2)C(C)(C)C1=O)C1C2CC3CC(C2)CC1C3. The summed E-state index contributed by atoms with van der Waals surface area (Å²) in [4.78, 5) is 83.3. The number of hydrogen-bond donors (Lipinski definition) is 4. The molecule has 4 bridgehead atoms. The second kappa shape index (κ2) is 13.6. The fraction of sp³-hybridized carbons (Fsp3) is 0.500. The Balaban J connectivity index is 1.16. The molecule has 4 saturated carbocycles. The lowest BCUT2D eigenvalue weighted by Crippen LogP contribution is -2.63. The monoisotopic (exact) mass is 672 g/mol. The van der Waals surface area contributed by atoms with Crippen LogP contribution in [0.2, 0.25) is 0 Å². The molecule has 5 fully saturated rings. The summed E-state index contributed by atoms with van der Waals surface area (Å²) in [6, 6.07) is 13.3. The van der Waals surface area contributed by atoms with E-state index in [2.05, 4.69) is 16.0 Å². The minimum absolute atomic E-state index is 0.0669. The quantitative estimate of drug-likeness (QED) is 0.259. The van der Waals surface area contributed by atoms with Gasteiger partial charge in [-0.05, 0) is 106 Å². The number of carboxylic acid groups (broad SMARTS) is 1. The highest BCUT2D eigenvalue weighted by Gasteiger charge is 2.55. The molecule has 13 nitrogen and oxygen atoms in total. The van der Waals surface area contributed by atoms with Crippen LogP contribution in [-0.2, 0) is 25.7 Å². The van der Waals surface area contributed by atoms with Crippen LogP contribution in [0.3, 0.4) is 0 Å². The third kappa shape index (κ3) is 6.89. The summed E-state index contributed by atoms with van der Waals surface area (Å²) < 4.78 is 0. The van der Waals surface area contributed by atoms with Gasteiger partial charge in [-0.3, -0.25) is 29.0 Å². The van der Waals surface area contributed by atoms with Gasteiger partial charge >= 0.3 is 18.0 Å². The van der Waals surface area contributed by atoms with Crippen LogP contribution in [0.1, 0.15) is 57.9 Å². The molecule has 1 saturated heterocycles. The van der Waals surface area contributed by atoms with E-state index in [1.807, 2.05) is 18.2 Å². The molecule has 2 aromatic carbocycles. The average Bonchev–Trinajstić information content (AvgIpc) is 3.20. The van der Waals surface area contributed by atoms with Gasteiger partial charge in [-0.1, -0.05) is 30.3 Å². The molecule has 4 aliphatic carbocycles. The molecule has 7 rings (SSSR count). The number of amides is 7. The van der Waals surface area contributed by atoms with Gasteiger partial charge in [-0.25, -0.2) is 9.59 Å². The van der Waals surface area contributed by atoms with Crippen molar-refractivity contribution in [2.24, 2.45) is 23.7 Å². The molecule has 1 atom stereocenters. The van der Waals surface area contributed by atoms with E-state index >= 15 is 0 Å². The number of rotatable bonds is 11. The first-order valence-electron chi connectivity index (χ1n) is 17.0. The molecular weight excluding hydrogens is 628 g/mol. The molecule has 0 unspecified atom stereocenters. The third-order valence-electron chi connectivity index (χ3n) is 10.8. The zero-order valence-electron chi connectivity index (χ0n) is 28.1. The summed E-state index contributed by atoms with van der Waals surface area (Å²) in [6.07, 6.45) is 4.31. The van der Waals surface area contributed by atoms with Crippen LogP contribution in [0.25, 0.3) is 0 Å². The van der Waals surface area contributed by atoms with E-state index in [9.17, 15) is 33.9 Å². The van der Waals surface area contributed by atoms with E-state index in [1.165, 1.54) is 23.3 Å². The number of carboxylic acids is 1. The predicted molar refractivity (Wildman–Crippen MR) is 180 cm³/mol. The van der Waals surface area contributed by atoms with Gasteiger partial charge in [0, 0.05) is 24.0 Å². The lowest BCUT2D eigenvalue weighted by Gasteiger charge is -2.56. The van der Waals surface area contributed by atoms with Crippen molar-refractivity contribution >= 4 is 47.1 Å². The maximum Gasteiger partial charge on any atom is 0.328 e. The molecule has 260 valence electrons.